The second kappa shape index (κ2) is 6.79. The lowest BCUT2D eigenvalue weighted by Crippen LogP contribution is -2.42. The molecular formula is C17H23N5O3. The van der Waals surface area contributed by atoms with Crippen LogP contribution in [0.1, 0.15) is 41.5 Å². The number of rotatable bonds is 5. The summed E-state index contributed by atoms with van der Waals surface area (Å²) in [5.74, 6) is 0.455. The third-order valence-electron chi connectivity index (χ3n) is 4.70. The number of nitrogens with zero attached hydrogens (tertiary/aromatic N) is 3. The highest BCUT2D eigenvalue weighted by atomic mass is 16.3. The van der Waals surface area contributed by atoms with Gasteiger partial charge >= 0.3 is 0 Å². The van der Waals surface area contributed by atoms with Crippen LogP contribution in [0, 0.1) is 19.8 Å². The minimum Gasteiger partial charge on any atom is -0.393 e. The van der Waals surface area contributed by atoms with Gasteiger partial charge in [-0.05, 0) is 32.6 Å². The minimum atomic E-state index is -0.313. The molecule has 2 aromatic rings. The summed E-state index contributed by atoms with van der Waals surface area (Å²) < 4.78 is 1.68. The number of aryl methyl sites for hydroxylation is 3. The number of aliphatic hydroxyl groups is 1. The van der Waals surface area contributed by atoms with Crippen molar-refractivity contribution in [1.29, 1.82) is 0 Å². The fourth-order valence-electron chi connectivity index (χ4n) is 3.32. The van der Waals surface area contributed by atoms with E-state index >= 15 is 0 Å². The Hall–Kier alpha value is -2.48. The largest absolute Gasteiger partial charge is 0.393 e. The van der Waals surface area contributed by atoms with E-state index in [1.165, 1.54) is 0 Å². The summed E-state index contributed by atoms with van der Waals surface area (Å²) in [4.78, 5) is 31.5. The molecule has 3 rings (SSSR count). The molecule has 3 N–H and O–H groups in total. The van der Waals surface area contributed by atoms with Crippen molar-refractivity contribution in [3.05, 3.63) is 45.4 Å². The molecule has 1 fully saturated rings. The second-order valence-corrected chi connectivity index (χ2v) is 6.77. The summed E-state index contributed by atoms with van der Waals surface area (Å²) in [6.07, 6.45) is 4.53. The number of amides is 1. The second-order valence-electron chi connectivity index (χ2n) is 6.77. The van der Waals surface area contributed by atoms with E-state index < -0.39 is 0 Å². The van der Waals surface area contributed by atoms with Crippen molar-refractivity contribution in [2.24, 2.45) is 13.0 Å². The van der Waals surface area contributed by atoms with E-state index in [-0.39, 0.29) is 36.0 Å². The summed E-state index contributed by atoms with van der Waals surface area (Å²) in [7, 11) is 1.82. The van der Waals surface area contributed by atoms with Gasteiger partial charge in [0.05, 0.1) is 24.8 Å². The number of carbonyl (C=O) groups is 1. The van der Waals surface area contributed by atoms with Gasteiger partial charge in [0.25, 0.3) is 5.56 Å². The smallest absolute Gasteiger partial charge is 0.254 e. The number of nitrogens with one attached hydrogen (secondary N) is 2. The molecule has 0 bridgehead atoms. The minimum absolute atomic E-state index is 0.0273. The zero-order valence-corrected chi connectivity index (χ0v) is 14.6. The van der Waals surface area contributed by atoms with Gasteiger partial charge in [-0.3, -0.25) is 14.3 Å². The molecule has 1 saturated carbocycles. The first-order valence-corrected chi connectivity index (χ1v) is 8.36. The van der Waals surface area contributed by atoms with Crippen molar-refractivity contribution in [3.8, 4) is 0 Å². The third kappa shape index (κ3) is 3.79. The Morgan fingerprint density at radius 2 is 2.20 bits per heavy atom. The lowest BCUT2D eigenvalue weighted by molar-refractivity contribution is -0.122. The van der Waals surface area contributed by atoms with Crippen LogP contribution in [0.25, 0.3) is 0 Å². The zero-order chi connectivity index (χ0) is 18.1. The van der Waals surface area contributed by atoms with E-state index in [4.69, 9.17) is 0 Å². The molecular weight excluding hydrogens is 322 g/mol. The Labute approximate surface area is 145 Å². The van der Waals surface area contributed by atoms with Crippen molar-refractivity contribution < 1.29 is 9.90 Å². The topological polar surface area (TPSA) is 113 Å². The molecule has 0 aliphatic heterocycles. The van der Waals surface area contributed by atoms with E-state index in [2.05, 4.69) is 20.4 Å². The average molecular weight is 345 g/mol. The van der Waals surface area contributed by atoms with Gasteiger partial charge in [0.15, 0.2) is 0 Å². The molecule has 2 heterocycles. The normalized spacial score (nSPS) is 20.8. The van der Waals surface area contributed by atoms with Gasteiger partial charge in [-0.25, -0.2) is 4.98 Å². The average Bonchev–Trinajstić information content (AvgIpc) is 2.92. The van der Waals surface area contributed by atoms with Crippen LogP contribution in [0.5, 0.6) is 0 Å². The van der Waals surface area contributed by atoms with Gasteiger partial charge in [-0.1, -0.05) is 0 Å². The van der Waals surface area contributed by atoms with Gasteiger partial charge in [-0.2, -0.15) is 5.10 Å². The number of aliphatic hydroxyl groups excluding tert-OH is 1. The molecule has 8 nitrogen and oxygen atoms in total. The quantitative estimate of drug-likeness (QED) is 0.721. The van der Waals surface area contributed by atoms with Gasteiger partial charge in [-0.15, -0.1) is 0 Å². The Bertz CT molecular complexity index is 835. The maximum atomic E-state index is 12.5. The molecule has 0 spiro atoms. The highest BCUT2D eigenvalue weighted by Gasteiger charge is 2.36. The predicted octanol–water partition coefficient (Wildman–Crippen LogP) is 0.291. The summed E-state index contributed by atoms with van der Waals surface area (Å²) in [6.45, 7) is 3.43. The van der Waals surface area contributed by atoms with Gasteiger partial charge in [0.1, 0.15) is 5.82 Å². The van der Waals surface area contributed by atoms with Crippen LogP contribution in [0.2, 0.25) is 0 Å². The van der Waals surface area contributed by atoms with Crippen LogP contribution in [-0.2, 0) is 18.3 Å². The molecule has 1 aliphatic rings. The summed E-state index contributed by atoms with van der Waals surface area (Å²) in [5, 5.41) is 16.8. The standard InChI is InChI=1S/C17H23N5O3/c1-9-14(17(25)20-10(2)19-9)6-15(24)21-16(11-4-13(23)5-11)12-7-18-22(3)8-12/h7-8,11,13,16,23H,4-6H2,1-3H3,(H,21,24)(H,19,20,25)/t11?,13?,16-/m0/s1. The molecule has 0 aromatic carbocycles. The number of carbonyl (C=O) groups excluding carboxylic acids is 1. The maximum absolute atomic E-state index is 12.5. The van der Waals surface area contributed by atoms with Gasteiger partial charge < -0.3 is 15.4 Å². The first-order valence-electron chi connectivity index (χ1n) is 8.36. The highest BCUT2D eigenvalue weighted by Crippen LogP contribution is 2.37. The Balaban J connectivity index is 1.76. The summed E-state index contributed by atoms with van der Waals surface area (Å²) in [5.41, 5.74) is 1.56. The van der Waals surface area contributed by atoms with E-state index in [0.29, 0.717) is 29.9 Å². The Morgan fingerprint density at radius 1 is 1.48 bits per heavy atom. The fraction of sp³-hybridized carbons (Fsp3) is 0.529. The molecule has 0 saturated heterocycles. The third-order valence-corrected chi connectivity index (χ3v) is 4.70. The van der Waals surface area contributed by atoms with Crippen molar-refractivity contribution >= 4 is 5.91 Å². The molecule has 25 heavy (non-hydrogen) atoms. The van der Waals surface area contributed by atoms with E-state index in [1.807, 2.05) is 13.2 Å². The monoisotopic (exact) mass is 345 g/mol. The van der Waals surface area contributed by atoms with Crippen LogP contribution in [-0.4, -0.2) is 36.9 Å². The van der Waals surface area contributed by atoms with Crippen LogP contribution < -0.4 is 10.9 Å². The molecule has 1 atom stereocenters. The highest BCUT2D eigenvalue weighted by molar-refractivity contribution is 5.79. The lowest BCUT2D eigenvalue weighted by Gasteiger charge is -2.37. The van der Waals surface area contributed by atoms with Crippen LogP contribution in [0.15, 0.2) is 17.2 Å². The van der Waals surface area contributed by atoms with Crippen molar-refractivity contribution in [2.75, 3.05) is 0 Å². The van der Waals surface area contributed by atoms with Gasteiger partial charge in [0.2, 0.25) is 5.91 Å². The van der Waals surface area contributed by atoms with Crippen molar-refractivity contribution in [1.82, 2.24) is 25.1 Å². The van der Waals surface area contributed by atoms with E-state index in [1.54, 1.807) is 24.7 Å². The number of aromatic nitrogens is 4. The first-order chi connectivity index (χ1) is 11.8. The van der Waals surface area contributed by atoms with Crippen molar-refractivity contribution in [3.63, 3.8) is 0 Å². The van der Waals surface area contributed by atoms with Crippen molar-refractivity contribution in [2.45, 2.75) is 45.3 Å². The predicted molar refractivity (Wildman–Crippen MR) is 90.9 cm³/mol. The number of hydrogen-bond donors (Lipinski definition) is 3. The molecule has 1 amide bonds. The number of aromatic amines is 1. The molecule has 2 aromatic heterocycles. The van der Waals surface area contributed by atoms with E-state index in [9.17, 15) is 14.7 Å². The Morgan fingerprint density at radius 3 is 2.76 bits per heavy atom. The molecule has 8 heteroatoms. The molecule has 0 radical (unpaired) electrons. The first kappa shape index (κ1) is 17.3. The number of H-pyrrole nitrogens is 1. The van der Waals surface area contributed by atoms with Crippen LogP contribution in [0.4, 0.5) is 0 Å². The SMILES string of the molecule is Cc1nc(C)c(CC(=O)N[C@H](c2cnn(C)c2)C2CC(O)C2)c(=O)[nH]1. The summed E-state index contributed by atoms with van der Waals surface area (Å²) in [6, 6.07) is -0.220. The summed E-state index contributed by atoms with van der Waals surface area (Å²) >= 11 is 0. The Kier molecular flexibility index (Phi) is 4.71. The zero-order valence-electron chi connectivity index (χ0n) is 14.6. The van der Waals surface area contributed by atoms with Crippen LogP contribution in [0.3, 0.4) is 0 Å². The van der Waals surface area contributed by atoms with Crippen LogP contribution >= 0.6 is 0 Å². The lowest BCUT2D eigenvalue weighted by atomic mass is 9.75. The molecule has 1 aliphatic carbocycles. The van der Waals surface area contributed by atoms with Gasteiger partial charge in [0, 0.05) is 30.1 Å². The molecule has 0 unspecified atom stereocenters. The molecule has 134 valence electrons. The fourth-order valence-corrected chi connectivity index (χ4v) is 3.32. The number of hydrogen-bond acceptors (Lipinski definition) is 5. The maximum Gasteiger partial charge on any atom is 0.254 e. The van der Waals surface area contributed by atoms with E-state index in [0.717, 1.165) is 5.56 Å².